The molecule has 0 saturated heterocycles. The Morgan fingerprint density at radius 3 is 2.72 bits per heavy atom. The average Bonchev–Trinajstić information content (AvgIpc) is 2.74. The molecule has 0 aliphatic carbocycles. The molecule has 1 aromatic heterocycles. The summed E-state index contributed by atoms with van der Waals surface area (Å²) >= 11 is 0. The Morgan fingerprint density at radius 1 is 1.56 bits per heavy atom. The van der Waals surface area contributed by atoms with Crippen LogP contribution in [0.2, 0.25) is 0 Å². The van der Waals surface area contributed by atoms with Crippen LogP contribution in [0, 0.1) is 10.1 Å². The second-order valence-electron chi connectivity index (χ2n) is 3.69. The molecule has 98 valence electrons. The highest BCUT2D eigenvalue weighted by Gasteiger charge is 2.14. The minimum Gasteiger partial charge on any atom is -0.358 e. The van der Waals surface area contributed by atoms with E-state index in [4.69, 9.17) is 0 Å². The standard InChI is InChI=1S/C9H13N5O4/c1-12(2)9(16)5-10-8(15)6-13-4-3-7(11-13)14(17)18/h3-4H,5-6H2,1-2H3,(H,10,15). The van der Waals surface area contributed by atoms with Crippen molar-refractivity contribution in [1.29, 1.82) is 0 Å². The summed E-state index contributed by atoms with van der Waals surface area (Å²) in [6, 6.07) is 1.19. The Labute approximate surface area is 103 Å². The van der Waals surface area contributed by atoms with E-state index in [2.05, 4.69) is 10.4 Å². The zero-order valence-electron chi connectivity index (χ0n) is 9.99. The first-order valence-electron chi connectivity index (χ1n) is 5.05. The van der Waals surface area contributed by atoms with Crippen LogP contribution in [0.3, 0.4) is 0 Å². The molecule has 9 nitrogen and oxygen atoms in total. The first-order valence-corrected chi connectivity index (χ1v) is 5.05. The van der Waals surface area contributed by atoms with Gasteiger partial charge in [-0.3, -0.25) is 9.59 Å². The molecule has 0 fully saturated rings. The molecule has 1 heterocycles. The van der Waals surface area contributed by atoms with Gasteiger partial charge in [0.25, 0.3) is 0 Å². The number of hydrogen-bond acceptors (Lipinski definition) is 5. The predicted octanol–water partition coefficient (Wildman–Crippen LogP) is -1.00. The molecule has 1 aromatic rings. The van der Waals surface area contributed by atoms with Crippen LogP contribution in [0.25, 0.3) is 0 Å². The lowest BCUT2D eigenvalue weighted by Gasteiger charge is -2.10. The molecule has 0 bridgehead atoms. The minimum absolute atomic E-state index is 0.116. The van der Waals surface area contributed by atoms with Gasteiger partial charge >= 0.3 is 5.82 Å². The van der Waals surface area contributed by atoms with Gasteiger partial charge < -0.3 is 20.3 Å². The molecular formula is C9H13N5O4. The Morgan fingerprint density at radius 2 is 2.22 bits per heavy atom. The van der Waals surface area contributed by atoms with Crippen molar-refractivity contribution in [3.63, 3.8) is 0 Å². The van der Waals surface area contributed by atoms with E-state index in [1.807, 2.05) is 0 Å². The van der Waals surface area contributed by atoms with E-state index in [9.17, 15) is 19.7 Å². The van der Waals surface area contributed by atoms with E-state index in [1.165, 1.54) is 17.2 Å². The van der Waals surface area contributed by atoms with E-state index in [0.717, 1.165) is 4.68 Å². The summed E-state index contributed by atoms with van der Waals surface area (Å²) in [5.74, 6) is -1.01. The molecule has 2 amide bonds. The lowest BCUT2D eigenvalue weighted by Crippen LogP contribution is -2.37. The third-order valence-electron chi connectivity index (χ3n) is 2.05. The van der Waals surface area contributed by atoms with Gasteiger partial charge in [0.2, 0.25) is 11.8 Å². The highest BCUT2D eigenvalue weighted by molar-refractivity contribution is 5.84. The Bertz CT molecular complexity index is 467. The number of carbonyl (C=O) groups is 2. The summed E-state index contributed by atoms with van der Waals surface area (Å²) in [5.41, 5.74) is 0. The fraction of sp³-hybridized carbons (Fsp3) is 0.444. The largest absolute Gasteiger partial charge is 0.389 e. The van der Waals surface area contributed by atoms with E-state index in [-0.39, 0.29) is 24.8 Å². The van der Waals surface area contributed by atoms with Crippen LogP contribution in [0.5, 0.6) is 0 Å². The third kappa shape index (κ3) is 3.85. The number of rotatable bonds is 5. The molecule has 0 aliphatic rings. The van der Waals surface area contributed by atoms with Gasteiger partial charge in [-0.1, -0.05) is 0 Å². The zero-order chi connectivity index (χ0) is 13.7. The van der Waals surface area contributed by atoms with E-state index < -0.39 is 10.8 Å². The molecule has 0 unspecified atom stereocenters. The second-order valence-corrected chi connectivity index (χ2v) is 3.69. The van der Waals surface area contributed by atoms with E-state index in [1.54, 1.807) is 14.1 Å². The molecule has 0 radical (unpaired) electrons. The van der Waals surface area contributed by atoms with Crippen molar-refractivity contribution in [3.8, 4) is 0 Å². The number of nitro groups is 1. The molecule has 0 atom stereocenters. The number of amides is 2. The van der Waals surface area contributed by atoms with Crippen molar-refractivity contribution in [2.24, 2.45) is 0 Å². The maximum absolute atomic E-state index is 11.4. The fourth-order valence-electron chi connectivity index (χ4n) is 1.07. The number of nitrogens with one attached hydrogen (secondary N) is 1. The van der Waals surface area contributed by atoms with Crippen molar-refractivity contribution < 1.29 is 14.5 Å². The molecule has 0 saturated carbocycles. The maximum atomic E-state index is 11.4. The van der Waals surface area contributed by atoms with Gasteiger partial charge in [-0.15, -0.1) is 0 Å². The number of likely N-dealkylation sites (N-methyl/N-ethyl adjacent to an activating group) is 1. The Balaban J connectivity index is 2.44. The topological polar surface area (TPSA) is 110 Å². The van der Waals surface area contributed by atoms with E-state index >= 15 is 0 Å². The van der Waals surface area contributed by atoms with Crippen molar-refractivity contribution in [3.05, 3.63) is 22.4 Å². The molecule has 0 aromatic carbocycles. The lowest BCUT2D eigenvalue weighted by molar-refractivity contribution is -0.389. The maximum Gasteiger partial charge on any atom is 0.389 e. The number of nitrogens with zero attached hydrogens (tertiary/aromatic N) is 4. The quantitative estimate of drug-likeness (QED) is 0.535. The highest BCUT2D eigenvalue weighted by atomic mass is 16.6. The fourth-order valence-corrected chi connectivity index (χ4v) is 1.07. The van der Waals surface area contributed by atoms with Gasteiger partial charge in [0.15, 0.2) is 0 Å². The normalized spacial score (nSPS) is 9.89. The van der Waals surface area contributed by atoms with Gasteiger partial charge in [0.05, 0.1) is 23.9 Å². The minimum atomic E-state index is -0.649. The smallest absolute Gasteiger partial charge is 0.358 e. The van der Waals surface area contributed by atoms with Gasteiger partial charge in [0, 0.05) is 14.1 Å². The second kappa shape index (κ2) is 5.75. The molecular weight excluding hydrogens is 242 g/mol. The molecule has 1 rings (SSSR count). The van der Waals surface area contributed by atoms with Gasteiger partial charge in [0.1, 0.15) is 6.54 Å². The summed E-state index contributed by atoms with van der Waals surface area (Å²) in [7, 11) is 3.15. The van der Waals surface area contributed by atoms with E-state index in [0.29, 0.717) is 0 Å². The lowest BCUT2D eigenvalue weighted by atomic mass is 10.5. The molecule has 9 heteroatoms. The van der Waals surface area contributed by atoms with Crippen LogP contribution < -0.4 is 5.32 Å². The molecule has 0 aliphatic heterocycles. The van der Waals surface area contributed by atoms with Gasteiger partial charge in [-0.25, -0.2) is 0 Å². The van der Waals surface area contributed by atoms with Crippen molar-refractivity contribution in [2.45, 2.75) is 6.54 Å². The van der Waals surface area contributed by atoms with Crippen LogP contribution in [-0.4, -0.2) is 52.1 Å². The van der Waals surface area contributed by atoms with Gasteiger partial charge in [-0.05, 0) is 4.92 Å². The number of hydrogen-bond donors (Lipinski definition) is 1. The first kappa shape index (κ1) is 13.6. The SMILES string of the molecule is CN(C)C(=O)CNC(=O)Cn1ccc([N+](=O)[O-])n1. The summed E-state index contributed by atoms with van der Waals surface area (Å²) in [6.07, 6.45) is 1.32. The number of aromatic nitrogens is 2. The molecule has 1 N–H and O–H groups in total. The monoisotopic (exact) mass is 255 g/mol. The number of carbonyl (C=O) groups excluding carboxylic acids is 2. The first-order chi connectivity index (χ1) is 8.40. The average molecular weight is 255 g/mol. The van der Waals surface area contributed by atoms with Crippen LogP contribution >= 0.6 is 0 Å². The van der Waals surface area contributed by atoms with Crippen LogP contribution in [0.4, 0.5) is 5.82 Å². The summed E-state index contributed by atoms with van der Waals surface area (Å²) in [5, 5.41) is 16.3. The Hall–Kier alpha value is -2.45. The third-order valence-corrected chi connectivity index (χ3v) is 2.05. The van der Waals surface area contributed by atoms with Crippen LogP contribution in [0.1, 0.15) is 0 Å². The molecule has 18 heavy (non-hydrogen) atoms. The summed E-state index contributed by atoms with van der Waals surface area (Å²) < 4.78 is 1.13. The van der Waals surface area contributed by atoms with Crippen LogP contribution in [0.15, 0.2) is 12.3 Å². The predicted molar refractivity (Wildman–Crippen MR) is 60.6 cm³/mol. The summed E-state index contributed by atoms with van der Waals surface area (Å²) in [4.78, 5) is 33.7. The van der Waals surface area contributed by atoms with Crippen molar-refractivity contribution in [1.82, 2.24) is 20.0 Å². The van der Waals surface area contributed by atoms with Gasteiger partial charge in [-0.2, -0.15) is 4.68 Å². The van der Waals surface area contributed by atoms with Crippen LogP contribution in [-0.2, 0) is 16.1 Å². The molecule has 0 spiro atoms. The Kier molecular flexibility index (Phi) is 4.35. The summed E-state index contributed by atoms with van der Waals surface area (Å²) in [6.45, 7) is -0.288. The zero-order valence-corrected chi connectivity index (χ0v) is 9.99. The van der Waals surface area contributed by atoms with Crippen molar-refractivity contribution >= 4 is 17.6 Å². The highest BCUT2D eigenvalue weighted by Crippen LogP contribution is 2.04. The van der Waals surface area contributed by atoms with Crippen molar-refractivity contribution in [2.75, 3.05) is 20.6 Å².